The number of carbonyl (C=O) groups excluding carboxylic acids is 2. The van der Waals surface area contributed by atoms with Crippen LogP contribution in [0.5, 0.6) is 23.0 Å². The van der Waals surface area contributed by atoms with Crippen LogP contribution in [0.15, 0.2) is 66.7 Å². The molecule has 8 nitrogen and oxygen atoms in total. The van der Waals surface area contributed by atoms with Gasteiger partial charge in [0.25, 0.3) is 5.91 Å². The minimum absolute atomic E-state index is 0.153. The van der Waals surface area contributed by atoms with Crippen molar-refractivity contribution in [2.24, 2.45) is 0 Å². The largest absolute Gasteiger partial charge is 0.497 e. The molecule has 1 aliphatic heterocycles. The van der Waals surface area contributed by atoms with Crippen LogP contribution in [0.2, 0.25) is 0 Å². The van der Waals surface area contributed by atoms with Crippen molar-refractivity contribution >= 4 is 11.8 Å². The van der Waals surface area contributed by atoms with Gasteiger partial charge in [-0.3, -0.25) is 9.59 Å². The van der Waals surface area contributed by atoms with Gasteiger partial charge in [0.15, 0.2) is 11.5 Å². The number of benzene rings is 3. The summed E-state index contributed by atoms with van der Waals surface area (Å²) >= 11 is 0. The van der Waals surface area contributed by atoms with Gasteiger partial charge in [0.2, 0.25) is 5.91 Å². The van der Waals surface area contributed by atoms with Crippen LogP contribution < -0.4 is 24.3 Å². The number of hydrogen-bond acceptors (Lipinski definition) is 6. The molecule has 1 atom stereocenters. The third kappa shape index (κ3) is 6.56. The summed E-state index contributed by atoms with van der Waals surface area (Å²) in [7, 11) is 4.66. The smallest absolute Gasteiger partial charge is 0.255 e. The third-order valence-corrected chi connectivity index (χ3v) is 6.56. The molecule has 0 saturated carbocycles. The first-order valence-electron chi connectivity index (χ1n) is 12.7. The van der Waals surface area contributed by atoms with Gasteiger partial charge in [-0.05, 0) is 54.7 Å². The summed E-state index contributed by atoms with van der Waals surface area (Å²) in [5.41, 5.74) is 2.22. The van der Waals surface area contributed by atoms with Crippen LogP contribution in [0.3, 0.4) is 0 Å². The minimum atomic E-state index is -0.613. The zero-order valence-corrected chi connectivity index (χ0v) is 22.1. The monoisotopic (exact) mass is 518 g/mol. The van der Waals surface area contributed by atoms with Crippen LogP contribution >= 0.6 is 0 Å². The molecule has 0 aromatic heterocycles. The second-order valence-electron chi connectivity index (χ2n) is 9.10. The number of methoxy groups -OCH3 is 3. The fourth-order valence-electron chi connectivity index (χ4n) is 4.51. The molecule has 1 heterocycles. The Hall–Kier alpha value is -4.20. The fourth-order valence-corrected chi connectivity index (χ4v) is 4.51. The molecule has 1 unspecified atom stereocenters. The first-order chi connectivity index (χ1) is 18.5. The Morgan fingerprint density at radius 1 is 0.868 bits per heavy atom. The van der Waals surface area contributed by atoms with E-state index in [1.807, 2.05) is 48.5 Å². The minimum Gasteiger partial charge on any atom is -0.497 e. The van der Waals surface area contributed by atoms with Crippen LogP contribution in [0.25, 0.3) is 0 Å². The summed E-state index contributed by atoms with van der Waals surface area (Å²) in [6.45, 7) is 1.18. The fraction of sp³-hybridized carbons (Fsp3) is 0.333. The molecule has 0 radical (unpaired) electrons. The Labute approximate surface area is 223 Å². The predicted octanol–water partition coefficient (Wildman–Crippen LogP) is 4.60. The van der Waals surface area contributed by atoms with Crippen molar-refractivity contribution in [3.63, 3.8) is 0 Å². The van der Waals surface area contributed by atoms with Crippen LogP contribution in [0.4, 0.5) is 0 Å². The lowest BCUT2D eigenvalue weighted by Crippen LogP contribution is -2.48. The summed E-state index contributed by atoms with van der Waals surface area (Å²) in [6, 6.07) is 19.8. The lowest BCUT2D eigenvalue weighted by Gasteiger charge is -2.30. The number of hydrogen-bond donors (Lipinski definition) is 1. The van der Waals surface area contributed by atoms with E-state index >= 15 is 0 Å². The van der Waals surface area contributed by atoms with Crippen molar-refractivity contribution in [1.29, 1.82) is 0 Å². The third-order valence-electron chi connectivity index (χ3n) is 6.56. The van der Waals surface area contributed by atoms with Crippen LogP contribution in [0.1, 0.15) is 40.7 Å². The highest BCUT2D eigenvalue weighted by atomic mass is 16.5. The topological polar surface area (TPSA) is 86.3 Å². The van der Waals surface area contributed by atoms with E-state index in [1.165, 1.54) is 14.2 Å². The Morgan fingerprint density at radius 3 is 2.29 bits per heavy atom. The van der Waals surface area contributed by atoms with Gasteiger partial charge in [0.1, 0.15) is 24.1 Å². The molecule has 200 valence electrons. The van der Waals surface area contributed by atoms with Gasteiger partial charge in [-0.1, -0.05) is 36.4 Å². The van der Waals surface area contributed by atoms with Crippen molar-refractivity contribution in [2.75, 3.05) is 27.9 Å². The molecule has 8 heteroatoms. The summed E-state index contributed by atoms with van der Waals surface area (Å²) in [6.07, 6.45) is 2.28. The van der Waals surface area contributed by atoms with E-state index in [4.69, 9.17) is 18.9 Å². The normalized spacial score (nSPS) is 15.1. The summed E-state index contributed by atoms with van der Waals surface area (Å²) in [4.78, 5) is 28.6. The van der Waals surface area contributed by atoms with Crippen molar-refractivity contribution in [2.45, 2.75) is 38.5 Å². The van der Waals surface area contributed by atoms with Gasteiger partial charge in [-0.15, -0.1) is 0 Å². The van der Waals surface area contributed by atoms with Gasteiger partial charge in [0.05, 0.1) is 21.3 Å². The van der Waals surface area contributed by atoms with E-state index in [-0.39, 0.29) is 18.4 Å². The molecule has 2 amide bonds. The van der Waals surface area contributed by atoms with Gasteiger partial charge in [0, 0.05) is 24.7 Å². The molecule has 38 heavy (non-hydrogen) atoms. The average molecular weight is 519 g/mol. The van der Waals surface area contributed by atoms with Gasteiger partial charge in [-0.25, -0.2) is 0 Å². The van der Waals surface area contributed by atoms with E-state index in [0.717, 1.165) is 24.0 Å². The van der Waals surface area contributed by atoms with E-state index in [1.54, 1.807) is 30.2 Å². The Kier molecular flexibility index (Phi) is 9.08. The second-order valence-corrected chi connectivity index (χ2v) is 9.10. The van der Waals surface area contributed by atoms with Crippen LogP contribution in [-0.2, 0) is 17.9 Å². The molecular formula is C30H34N2O6. The zero-order chi connectivity index (χ0) is 26.9. The molecule has 0 spiro atoms. The highest BCUT2D eigenvalue weighted by Crippen LogP contribution is 2.31. The number of carbonyl (C=O) groups is 2. The van der Waals surface area contributed by atoms with E-state index in [0.29, 0.717) is 48.1 Å². The zero-order valence-electron chi connectivity index (χ0n) is 22.1. The van der Waals surface area contributed by atoms with Gasteiger partial charge in [-0.2, -0.15) is 0 Å². The maximum absolute atomic E-state index is 13.9. The van der Waals surface area contributed by atoms with Crippen molar-refractivity contribution in [3.05, 3.63) is 83.4 Å². The average Bonchev–Trinajstić information content (AvgIpc) is 3.18. The first kappa shape index (κ1) is 26.9. The molecule has 1 N–H and O–H groups in total. The molecule has 1 aliphatic rings. The predicted molar refractivity (Wildman–Crippen MR) is 144 cm³/mol. The maximum Gasteiger partial charge on any atom is 0.255 e. The quantitative estimate of drug-likeness (QED) is 0.422. The van der Waals surface area contributed by atoms with Crippen molar-refractivity contribution in [1.82, 2.24) is 10.2 Å². The standard InChI is InChI=1S/C30H34N2O6/c1-35-24-16-23(17-25(18-24)36-2)30(34)32(26-11-7-8-14-31-29(26)33)19-22-12-13-27(37-3)28(15-22)38-20-21-9-5-4-6-10-21/h4-6,9-10,12-13,15-18,26H,7-8,11,14,19-20H2,1-3H3,(H,31,33). The van der Waals surface area contributed by atoms with E-state index in [2.05, 4.69) is 5.32 Å². The molecule has 3 aromatic rings. The lowest BCUT2D eigenvalue weighted by atomic mass is 10.0. The van der Waals surface area contributed by atoms with Crippen molar-refractivity contribution in [3.8, 4) is 23.0 Å². The summed E-state index contributed by atoms with van der Waals surface area (Å²) in [5.74, 6) is 1.71. The number of nitrogens with zero attached hydrogens (tertiary/aromatic N) is 1. The van der Waals surface area contributed by atoms with Gasteiger partial charge >= 0.3 is 0 Å². The molecule has 0 bridgehead atoms. The summed E-state index contributed by atoms with van der Waals surface area (Å²) < 4.78 is 22.4. The number of amides is 2. The van der Waals surface area contributed by atoms with Crippen LogP contribution in [-0.4, -0.2) is 50.6 Å². The highest BCUT2D eigenvalue weighted by molar-refractivity contribution is 5.98. The van der Waals surface area contributed by atoms with E-state index < -0.39 is 6.04 Å². The Balaban J connectivity index is 1.66. The molecule has 4 rings (SSSR count). The number of nitrogens with one attached hydrogen (secondary N) is 1. The SMILES string of the molecule is COc1cc(OC)cc(C(=O)N(Cc2ccc(OC)c(OCc3ccccc3)c2)C2CCCCNC2=O)c1. The molecule has 1 saturated heterocycles. The first-order valence-corrected chi connectivity index (χ1v) is 12.7. The second kappa shape index (κ2) is 12.9. The number of rotatable bonds is 10. The molecular weight excluding hydrogens is 484 g/mol. The lowest BCUT2D eigenvalue weighted by molar-refractivity contribution is -0.125. The highest BCUT2D eigenvalue weighted by Gasteiger charge is 2.32. The Morgan fingerprint density at radius 2 is 1.61 bits per heavy atom. The molecule has 3 aromatic carbocycles. The molecule has 0 aliphatic carbocycles. The van der Waals surface area contributed by atoms with Crippen molar-refractivity contribution < 1.29 is 28.5 Å². The number of ether oxygens (including phenoxy) is 4. The maximum atomic E-state index is 13.9. The molecule has 1 fully saturated rings. The van der Waals surface area contributed by atoms with E-state index in [9.17, 15) is 9.59 Å². The van der Waals surface area contributed by atoms with Crippen LogP contribution in [0, 0.1) is 0 Å². The summed E-state index contributed by atoms with van der Waals surface area (Å²) in [5, 5.41) is 2.95. The van der Waals surface area contributed by atoms with Gasteiger partial charge < -0.3 is 29.2 Å². The Bertz CT molecular complexity index is 1220.